The van der Waals surface area contributed by atoms with Gasteiger partial charge in [0, 0.05) is 25.7 Å². The molecule has 1 fully saturated rings. The highest BCUT2D eigenvalue weighted by Gasteiger charge is 2.26. The van der Waals surface area contributed by atoms with E-state index in [0.717, 1.165) is 13.1 Å². The Morgan fingerprint density at radius 1 is 1.60 bits per heavy atom. The van der Waals surface area contributed by atoms with Crippen molar-refractivity contribution in [1.82, 2.24) is 4.90 Å². The fourth-order valence-corrected chi connectivity index (χ4v) is 1.38. The molecule has 1 atom stereocenters. The molecule has 1 rings (SSSR count). The molecule has 0 aromatic heterocycles. The zero-order valence-corrected chi connectivity index (χ0v) is 6.93. The molecule has 0 bridgehead atoms. The van der Waals surface area contributed by atoms with Gasteiger partial charge in [0.25, 0.3) is 0 Å². The van der Waals surface area contributed by atoms with Crippen molar-refractivity contribution >= 4 is 0 Å². The molecule has 2 nitrogen and oxygen atoms in total. The van der Waals surface area contributed by atoms with Crippen molar-refractivity contribution in [1.29, 1.82) is 0 Å². The van der Waals surface area contributed by atoms with E-state index in [1.54, 1.807) is 0 Å². The highest BCUT2D eigenvalue weighted by molar-refractivity contribution is 4.91. The van der Waals surface area contributed by atoms with Crippen LogP contribution in [-0.2, 0) is 0 Å². The van der Waals surface area contributed by atoms with E-state index < -0.39 is 0 Å². The van der Waals surface area contributed by atoms with Gasteiger partial charge in [-0.1, -0.05) is 13.8 Å². The quantitative estimate of drug-likeness (QED) is 0.624. The monoisotopic (exact) mass is 141 g/mol. The molecule has 0 saturated carbocycles. The molecule has 2 N–H and O–H groups in total. The molecule has 0 amide bonds. The average molecular weight is 141 g/mol. The minimum Gasteiger partial charge on any atom is -0.329 e. The summed E-state index contributed by atoms with van der Waals surface area (Å²) in [6.45, 7) is 7.56. The molecule has 10 heavy (non-hydrogen) atoms. The number of nitrogens with two attached hydrogens (primary N) is 1. The van der Waals surface area contributed by atoms with Gasteiger partial charge in [-0.25, -0.2) is 0 Å². The van der Waals surface area contributed by atoms with Crippen LogP contribution in [0.25, 0.3) is 0 Å². The van der Waals surface area contributed by atoms with Gasteiger partial charge in [0.1, 0.15) is 0 Å². The van der Waals surface area contributed by atoms with Crippen LogP contribution in [0.3, 0.4) is 0 Å². The lowest BCUT2D eigenvalue weighted by Gasteiger charge is -2.41. The van der Waals surface area contributed by atoms with Crippen LogP contribution >= 0.6 is 0 Å². The lowest BCUT2D eigenvalue weighted by Crippen LogP contribution is -2.52. The van der Waals surface area contributed by atoms with Gasteiger partial charge in [0.15, 0.2) is 0 Å². The van der Waals surface area contributed by atoms with Crippen molar-refractivity contribution in [2.45, 2.75) is 26.3 Å². The summed E-state index contributed by atoms with van der Waals surface area (Å²) in [5, 5.41) is 0. The zero-order valence-electron chi connectivity index (χ0n) is 6.93. The highest BCUT2D eigenvalue weighted by Crippen LogP contribution is 2.17. The summed E-state index contributed by atoms with van der Waals surface area (Å²) in [4.78, 5) is 2.44. The Bertz CT molecular complexity index is 99.4. The molecule has 0 aromatic carbocycles. The van der Waals surface area contributed by atoms with Crippen LogP contribution in [0, 0.1) is 5.92 Å². The van der Waals surface area contributed by atoms with E-state index in [9.17, 15) is 0 Å². The normalized spacial score (nSPS) is 27.0. The third kappa shape index (κ3) is 1.70. The molecule has 1 aliphatic heterocycles. The molecule has 59 valence electrons. The fraction of sp³-hybridized carbons (Fsp3) is 0.875. The van der Waals surface area contributed by atoms with Crippen LogP contribution in [0.5, 0.6) is 0 Å². The van der Waals surface area contributed by atoms with Gasteiger partial charge in [0.2, 0.25) is 0 Å². The summed E-state index contributed by atoms with van der Waals surface area (Å²) in [5.41, 5.74) is 5.55. The summed E-state index contributed by atoms with van der Waals surface area (Å²) in [5.74, 6) is 1.48. The highest BCUT2D eigenvalue weighted by atomic mass is 15.2. The summed E-state index contributed by atoms with van der Waals surface area (Å²) >= 11 is 0. The van der Waals surface area contributed by atoms with Crippen molar-refractivity contribution in [3.8, 4) is 0 Å². The number of likely N-dealkylation sites (tertiary alicyclic amines) is 1. The number of rotatable bonds is 3. The Labute approximate surface area is 63.4 Å². The second-order valence-corrected chi connectivity index (χ2v) is 3.36. The molecule has 0 aliphatic carbocycles. The summed E-state index contributed by atoms with van der Waals surface area (Å²) < 4.78 is 0. The van der Waals surface area contributed by atoms with E-state index in [-0.39, 0.29) is 0 Å². The average Bonchev–Trinajstić information content (AvgIpc) is 1.82. The summed E-state index contributed by atoms with van der Waals surface area (Å²) in [7, 11) is 0. The Hall–Kier alpha value is -0.0800. The van der Waals surface area contributed by atoms with Gasteiger partial charge in [-0.05, 0) is 12.3 Å². The lowest BCUT2D eigenvalue weighted by molar-refractivity contribution is 0.103. The smallest absolute Gasteiger partial charge is 0.0230 e. The van der Waals surface area contributed by atoms with Crippen molar-refractivity contribution < 1.29 is 0 Å². The van der Waals surface area contributed by atoms with E-state index in [0.29, 0.717) is 6.04 Å². The third-order valence-corrected chi connectivity index (χ3v) is 2.06. The minimum atomic E-state index is 0.676. The molecular formula is C8H17N2. The number of nitrogens with zero attached hydrogens (tertiary/aromatic N) is 1. The second kappa shape index (κ2) is 3.35. The third-order valence-electron chi connectivity index (χ3n) is 2.06. The predicted octanol–water partition coefficient (Wildman–Crippen LogP) is 0.634. The van der Waals surface area contributed by atoms with Gasteiger partial charge in [-0.15, -0.1) is 0 Å². The van der Waals surface area contributed by atoms with Crippen LogP contribution < -0.4 is 5.73 Å². The molecule has 1 heterocycles. The van der Waals surface area contributed by atoms with Gasteiger partial charge in [-0.3, -0.25) is 4.90 Å². The van der Waals surface area contributed by atoms with Gasteiger partial charge < -0.3 is 5.73 Å². The Morgan fingerprint density at radius 2 is 2.30 bits per heavy atom. The largest absolute Gasteiger partial charge is 0.329 e. The first-order chi connectivity index (χ1) is 4.74. The van der Waals surface area contributed by atoms with Crippen LogP contribution in [-0.4, -0.2) is 30.6 Å². The topological polar surface area (TPSA) is 29.3 Å². The first kappa shape index (κ1) is 8.02. The first-order valence-corrected chi connectivity index (χ1v) is 3.97. The van der Waals surface area contributed by atoms with E-state index in [1.807, 2.05) is 0 Å². The van der Waals surface area contributed by atoms with Crippen molar-refractivity contribution in [2.24, 2.45) is 5.73 Å². The number of hydrogen-bond acceptors (Lipinski definition) is 2. The fourth-order valence-electron chi connectivity index (χ4n) is 1.38. The molecule has 2 heteroatoms. The van der Waals surface area contributed by atoms with Crippen LogP contribution in [0.1, 0.15) is 20.3 Å². The molecule has 1 radical (unpaired) electrons. The van der Waals surface area contributed by atoms with Crippen LogP contribution in [0.2, 0.25) is 0 Å². The SMILES string of the molecule is C[C](C)CN1CCC1CN. The maximum absolute atomic E-state index is 5.55. The molecule has 0 spiro atoms. The molecule has 1 saturated heterocycles. The van der Waals surface area contributed by atoms with Crippen molar-refractivity contribution in [3.63, 3.8) is 0 Å². The van der Waals surface area contributed by atoms with E-state index in [2.05, 4.69) is 18.7 Å². The van der Waals surface area contributed by atoms with Crippen LogP contribution in [0.15, 0.2) is 0 Å². The van der Waals surface area contributed by atoms with E-state index in [4.69, 9.17) is 5.73 Å². The molecular weight excluding hydrogens is 124 g/mol. The van der Waals surface area contributed by atoms with Crippen LogP contribution in [0.4, 0.5) is 0 Å². The first-order valence-electron chi connectivity index (χ1n) is 3.97. The van der Waals surface area contributed by atoms with Gasteiger partial charge >= 0.3 is 0 Å². The van der Waals surface area contributed by atoms with E-state index >= 15 is 0 Å². The van der Waals surface area contributed by atoms with Crippen molar-refractivity contribution in [3.05, 3.63) is 5.92 Å². The molecule has 1 unspecified atom stereocenters. The van der Waals surface area contributed by atoms with E-state index in [1.165, 1.54) is 18.9 Å². The summed E-state index contributed by atoms with van der Waals surface area (Å²) in [6, 6.07) is 0.676. The van der Waals surface area contributed by atoms with Gasteiger partial charge in [0.05, 0.1) is 0 Å². The lowest BCUT2D eigenvalue weighted by atomic mass is 10.0. The van der Waals surface area contributed by atoms with Gasteiger partial charge in [-0.2, -0.15) is 0 Å². The standard InChI is InChI=1S/C8H17N2/c1-7(2)6-10-4-3-8(10)5-9/h8H,3-6,9H2,1-2H3. The molecule has 1 aliphatic rings. The Balaban J connectivity index is 2.16. The Kier molecular flexibility index (Phi) is 2.69. The summed E-state index contributed by atoms with van der Waals surface area (Å²) in [6.07, 6.45) is 1.30. The Morgan fingerprint density at radius 3 is 2.60 bits per heavy atom. The predicted molar refractivity (Wildman–Crippen MR) is 43.6 cm³/mol. The van der Waals surface area contributed by atoms with Crippen molar-refractivity contribution in [2.75, 3.05) is 19.6 Å². The molecule has 0 aromatic rings. The number of hydrogen-bond donors (Lipinski definition) is 1. The zero-order chi connectivity index (χ0) is 7.56. The maximum atomic E-state index is 5.55. The second-order valence-electron chi connectivity index (χ2n) is 3.36. The minimum absolute atomic E-state index is 0.676. The maximum Gasteiger partial charge on any atom is 0.0230 e.